The van der Waals surface area contributed by atoms with Crippen LogP contribution in [0, 0.1) is 6.92 Å². The number of rotatable bonds is 6. The molecule has 0 saturated carbocycles. The van der Waals surface area contributed by atoms with Crippen molar-refractivity contribution in [3.8, 4) is 0 Å². The second-order valence-corrected chi connectivity index (χ2v) is 11.3. The summed E-state index contributed by atoms with van der Waals surface area (Å²) in [5.41, 5.74) is 3.75. The Balaban J connectivity index is 1.57. The molecule has 1 aliphatic rings. The third-order valence-electron chi connectivity index (χ3n) is 5.79. The molecule has 2 heterocycles. The largest absolute Gasteiger partial charge is 0.325 e. The minimum Gasteiger partial charge on any atom is -0.325 e. The standard InChI is InChI=1S/C24H27N3O3S2/c1-17-9-10-19(32(29,30)26(2)3)15-21(17)25-23(28)16-27-13-11-22-20(12-14-31-22)24(27)18-7-5-4-6-8-18/h4-10,12,14-15,24H,11,13,16H2,1-3H3,(H,25,28)/t24-/m1/s1. The zero-order valence-electron chi connectivity index (χ0n) is 18.4. The Morgan fingerprint density at radius 3 is 2.62 bits per heavy atom. The number of nitrogens with one attached hydrogen (secondary N) is 1. The van der Waals surface area contributed by atoms with E-state index in [1.807, 2.05) is 25.1 Å². The molecule has 168 valence electrons. The summed E-state index contributed by atoms with van der Waals surface area (Å²) in [5, 5.41) is 5.05. The quantitative estimate of drug-likeness (QED) is 0.595. The van der Waals surface area contributed by atoms with E-state index in [0.29, 0.717) is 5.69 Å². The van der Waals surface area contributed by atoms with Gasteiger partial charge in [0.25, 0.3) is 0 Å². The molecule has 1 N–H and O–H groups in total. The van der Waals surface area contributed by atoms with E-state index >= 15 is 0 Å². The first kappa shape index (κ1) is 22.7. The number of aryl methyl sites for hydroxylation is 1. The molecule has 1 amide bonds. The Labute approximate surface area is 193 Å². The Morgan fingerprint density at radius 1 is 1.16 bits per heavy atom. The third-order valence-corrected chi connectivity index (χ3v) is 8.60. The number of sulfonamides is 1. The maximum Gasteiger partial charge on any atom is 0.242 e. The van der Waals surface area contributed by atoms with Crippen LogP contribution >= 0.6 is 11.3 Å². The van der Waals surface area contributed by atoms with Gasteiger partial charge in [0, 0.05) is 31.2 Å². The van der Waals surface area contributed by atoms with Gasteiger partial charge in [-0.3, -0.25) is 9.69 Å². The summed E-state index contributed by atoms with van der Waals surface area (Å²) in [5.74, 6) is -0.160. The summed E-state index contributed by atoms with van der Waals surface area (Å²) in [6, 6.07) is 17.2. The fourth-order valence-corrected chi connectivity index (χ4v) is 5.88. The molecular weight excluding hydrogens is 442 g/mol. The normalized spacial score (nSPS) is 16.7. The number of amides is 1. The highest BCUT2D eigenvalue weighted by Gasteiger charge is 2.31. The van der Waals surface area contributed by atoms with Crippen molar-refractivity contribution in [1.82, 2.24) is 9.21 Å². The fourth-order valence-electron chi connectivity index (χ4n) is 4.05. The van der Waals surface area contributed by atoms with E-state index in [-0.39, 0.29) is 23.4 Å². The SMILES string of the molecule is Cc1ccc(S(=O)(=O)N(C)C)cc1NC(=O)CN1CCc2sccc2[C@H]1c1ccccc1. The van der Waals surface area contributed by atoms with E-state index in [1.54, 1.807) is 23.5 Å². The lowest BCUT2D eigenvalue weighted by Gasteiger charge is -2.35. The summed E-state index contributed by atoms with van der Waals surface area (Å²) in [6.45, 7) is 2.86. The van der Waals surface area contributed by atoms with Gasteiger partial charge >= 0.3 is 0 Å². The number of hydrogen-bond donors (Lipinski definition) is 1. The van der Waals surface area contributed by atoms with E-state index in [9.17, 15) is 13.2 Å². The Morgan fingerprint density at radius 2 is 1.91 bits per heavy atom. The van der Waals surface area contributed by atoms with Crippen LogP contribution in [0.15, 0.2) is 64.9 Å². The van der Waals surface area contributed by atoms with Gasteiger partial charge in [0.15, 0.2) is 0 Å². The van der Waals surface area contributed by atoms with Gasteiger partial charge in [-0.1, -0.05) is 36.4 Å². The molecule has 0 spiro atoms. The number of benzene rings is 2. The van der Waals surface area contributed by atoms with Gasteiger partial charge in [-0.25, -0.2) is 12.7 Å². The lowest BCUT2D eigenvalue weighted by molar-refractivity contribution is -0.117. The molecule has 4 rings (SSSR count). The maximum absolute atomic E-state index is 13.0. The highest BCUT2D eigenvalue weighted by atomic mass is 32.2. The van der Waals surface area contributed by atoms with Gasteiger partial charge in [-0.15, -0.1) is 11.3 Å². The average Bonchev–Trinajstić information content (AvgIpc) is 3.24. The Hall–Kier alpha value is -2.52. The van der Waals surface area contributed by atoms with Crippen molar-refractivity contribution in [1.29, 1.82) is 0 Å². The predicted octanol–water partition coefficient (Wildman–Crippen LogP) is 3.89. The molecule has 32 heavy (non-hydrogen) atoms. The Bertz CT molecular complexity index is 1220. The number of anilines is 1. The molecule has 6 nitrogen and oxygen atoms in total. The van der Waals surface area contributed by atoms with Gasteiger partial charge in [0.2, 0.25) is 15.9 Å². The molecule has 0 radical (unpaired) electrons. The summed E-state index contributed by atoms with van der Waals surface area (Å²) < 4.78 is 26.2. The highest BCUT2D eigenvalue weighted by molar-refractivity contribution is 7.89. The first-order chi connectivity index (χ1) is 15.3. The van der Waals surface area contributed by atoms with E-state index < -0.39 is 10.0 Å². The van der Waals surface area contributed by atoms with Crippen LogP contribution in [0.4, 0.5) is 5.69 Å². The summed E-state index contributed by atoms with van der Waals surface area (Å²) in [6.07, 6.45) is 0.916. The number of thiophene rings is 1. The molecule has 2 aromatic carbocycles. The van der Waals surface area contributed by atoms with Gasteiger partial charge in [-0.2, -0.15) is 0 Å². The molecule has 0 bridgehead atoms. The second-order valence-electron chi connectivity index (χ2n) is 8.15. The zero-order valence-corrected chi connectivity index (χ0v) is 20.0. The van der Waals surface area contributed by atoms with Crippen LogP contribution in [0.1, 0.15) is 27.6 Å². The molecular formula is C24H27N3O3S2. The zero-order chi connectivity index (χ0) is 22.9. The number of carbonyl (C=O) groups is 1. The average molecular weight is 470 g/mol. The summed E-state index contributed by atoms with van der Waals surface area (Å²) in [4.78, 5) is 16.8. The lowest BCUT2D eigenvalue weighted by atomic mass is 9.93. The van der Waals surface area contributed by atoms with Crippen LogP contribution in [0.25, 0.3) is 0 Å². The van der Waals surface area contributed by atoms with Gasteiger partial charge in [0.05, 0.1) is 17.5 Å². The summed E-state index contributed by atoms with van der Waals surface area (Å²) >= 11 is 1.77. The minimum atomic E-state index is -3.58. The highest BCUT2D eigenvalue weighted by Crippen LogP contribution is 2.37. The van der Waals surface area contributed by atoms with Crippen molar-refractivity contribution in [2.24, 2.45) is 0 Å². The first-order valence-electron chi connectivity index (χ1n) is 10.5. The second kappa shape index (κ2) is 9.15. The molecule has 3 aromatic rings. The number of nitrogens with zero attached hydrogens (tertiary/aromatic N) is 2. The number of hydrogen-bond acceptors (Lipinski definition) is 5. The molecule has 0 aliphatic carbocycles. The van der Waals surface area contributed by atoms with Crippen LogP contribution in [0.2, 0.25) is 0 Å². The van der Waals surface area contributed by atoms with E-state index in [2.05, 4.69) is 33.8 Å². The topological polar surface area (TPSA) is 69.7 Å². The van der Waals surface area contributed by atoms with Crippen molar-refractivity contribution in [3.05, 3.63) is 81.5 Å². The fraction of sp³-hybridized carbons (Fsp3) is 0.292. The van der Waals surface area contributed by atoms with Crippen molar-refractivity contribution < 1.29 is 13.2 Å². The van der Waals surface area contributed by atoms with E-state index in [4.69, 9.17) is 0 Å². The minimum absolute atomic E-state index is 0.0264. The van der Waals surface area contributed by atoms with Crippen molar-refractivity contribution in [3.63, 3.8) is 0 Å². The molecule has 1 aromatic heterocycles. The lowest BCUT2D eigenvalue weighted by Crippen LogP contribution is -2.40. The van der Waals surface area contributed by atoms with E-state index in [0.717, 1.165) is 24.1 Å². The number of fused-ring (bicyclic) bond motifs is 1. The van der Waals surface area contributed by atoms with Crippen molar-refractivity contribution >= 4 is 33.0 Å². The molecule has 0 fully saturated rings. The smallest absolute Gasteiger partial charge is 0.242 e. The predicted molar refractivity (Wildman–Crippen MR) is 129 cm³/mol. The van der Waals surface area contributed by atoms with Crippen molar-refractivity contribution in [2.45, 2.75) is 24.3 Å². The third kappa shape index (κ3) is 4.49. The first-order valence-corrected chi connectivity index (χ1v) is 12.8. The molecule has 0 unspecified atom stereocenters. The maximum atomic E-state index is 13.0. The molecule has 0 saturated heterocycles. The van der Waals surface area contributed by atoms with Gasteiger partial charge < -0.3 is 5.32 Å². The van der Waals surface area contributed by atoms with Crippen LogP contribution in [0.5, 0.6) is 0 Å². The van der Waals surface area contributed by atoms with Gasteiger partial charge in [-0.05, 0) is 53.6 Å². The van der Waals surface area contributed by atoms with Crippen LogP contribution in [-0.2, 0) is 21.2 Å². The summed E-state index contributed by atoms with van der Waals surface area (Å²) in [7, 11) is -0.594. The van der Waals surface area contributed by atoms with Crippen LogP contribution < -0.4 is 5.32 Å². The molecule has 1 aliphatic heterocycles. The monoisotopic (exact) mass is 469 g/mol. The van der Waals surface area contributed by atoms with Crippen LogP contribution in [0.3, 0.4) is 0 Å². The molecule has 8 heteroatoms. The van der Waals surface area contributed by atoms with Gasteiger partial charge in [0.1, 0.15) is 0 Å². The molecule has 1 atom stereocenters. The van der Waals surface area contributed by atoms with Crippen molar-refractivity contribution in [2.75, 3.05) is 32.5 Å². The Kier molecular flexibility index (Phi) is 6.48. The van der Waals surface area contributed by atoms with E-state index in [1.165, 1.54) is 34.9 Å². The van der Waals surface area contributed by atoms with Crippen LogP contribution in [-0.4, -0.2) is 50.7 Å². The number of carbonyl (C=O) groups excluding carboxylic acids is 1.